The lowest BCUT2D eigenvalue weighted by atomic mass is 9.96. The van der Waals surface area contributed by atoms with Crippen LogP contribution in [0, 0.1) is 0 Å². The molecule has 1 aliphatic heterocycles. The minimum Gasteiger partial charge on any atom is -0.478 e. The number of nitrogens with one attached hydrogen (secondary N) is 1. The summed E-state index contributed by atoms with van der Waals surface area (Å²) in [7, 11) is 0. The van der Waals surface area contributed by atoms with Crippen molar-refractivity contribution in [2.45, 2.75) is 51.5 Å². The van der Waals surface area contributed by atoms with E-state index in [1.807, 2.05) is 0 Å². The maximum atomic E-state index is 13.2. The molecular weight excluding hydrogens is 474 g/mol. The first-order chi connectivity index (χ1) is 15.9. The van der Waals surface area contributed by atoms with Crippen molar-refractivity contribution >= 4 is 34.7 Å². The summed E-state index contributed by atoms with van der Waals surface area (Å²) in [5.41, 5.74) is -0.0133. The third-order valence-electron chi connectivity index (χ3n) is 5.19. The summed E-state index contributed by atoms with van der Waals surface area (Å²) >= 11 is 6.09. The first-order valence-corrected chi connectivity index (χ1v) is 10.7. The van der Waals surface area contributed by atoms with Crippen molar-refractivity contribution in [3.8, 4) is 5.75 Å². The number of imidazole rings is 1. The Labute approximate surface area is 197 Å². The van der Waals surface area contributed by atoms with Gasteiger partial charge in [0.05, 0.1) is 29.4 Å². The fraction of sp³-hybridized carbons (Fsp3) is 0.364. The van der Waals surface area contributed by atoms with Crippen LogP contribution in [0.15, 0.2) is 30.5 Å². The van der Waals surface area contributed by atoms with Gasteiger partial charge in [0, 0.05) is 18.1 Å². The van der Waals surface area contributed by atoms with Crippen LogP contribution >= 0.6 is 11.6 Å². The number of benzene rings is 1. The number of carbonyl (C=O) groups excluding carboxylic acids is 1. The Bertz CT molecular complexity index is 1270. The van der Waals surface area contributed by atoms with Gasteiger partial charge in [0.25, 0.3) is 0 Å². The number of fused-ring (bicyclic) bond motifs is 3. The van der Waals surface area contributed by atoms with Gasteiger partial charge in [-0.1, -0.05) is 17.7 Å². The molecule has 0 aliphatic carbocycles. The summed E-state index contributed by atoms with van der Waals surface area (Å²) in [4.78, 5) is 33.1. The van der Waals surface area contributed by atoms with Crippen molar-refractivity contribution in [3.63, 3.8) is 0 Å². The molecule has 0 saturated carbocycles. The highest BCUT2D eigenvalue weighted by Gasteiger charge is 2.40. The Kier molecular flexibility index (Phi) is 6.07. The molecule has 3 heterocycles. The SMILES string of the molecule is CC(C)(C)OC(=O)N[C@@H]1C[C@H](c2c(OC(F)F)cccc2C(=O)O)n2c1nc1cnc(Cl)cc12. The number of alkyl carbamates (subject to hydrolysis) is 1. The van der Waals surface area contributed by atoms with Crippen LogP contribution in [-0.2, 0) is 4.74 Å². The van der Waals surface area contributed by atoms with E-state index in [2.05, 4.69) is 20.0 Å². The first-order valence-electron chi connectivity index (χ1n) is 10.3. The van der Waals surface area contributed by atoms with E-state index in [-0.39, 0.29) is 28.5 Å². The normalized spacial score (nSPS) is 17.6. The molecule has 0 unspecified atom stereocenters. The van der Waals surface area contributed by atoms with Crippen molar-refractivity contribution in [3.05, 3.63) is 52.6 Å². The lowest BCUT2D eigenvalue weighted by Gasteiger charge is -2.22. The van der Waals surface area contributed by atoms with Crippen LogP contribution in [0.3, 0.4) is 0 Å². The molecule has 12 heteroatoms. The minimum atomic E-state index is -3.17. The van der Waals surface area contributed by atoms with Crippen LogP contribution in [-0.4, -0.2) is 43.9 Å². The average Bonchev–Trinajstić information content (AvgIpc) is 3.23. The Morgan fingerprint density at radius 1 is 1.32 bits per heavy atom. The van der Waals surface area contributed by atoms with E-state index in [0.29, 0.717) is 16.9 Å². The summed E-state index contributed by atoms with van der Waals surface area (Å²) in [6, 6.07) is 3.90. The van der Waals surface area contributed by atoms with E-state index in [9.17, 15) is 23.5 Å². The second kappa shape index (κ2) is 8.71. The second-order valence-electron chi connectivity index (χ2n) is 8.69. The zero-order valence-corrected chi connectivity index (χ0v) is 19.1. The van der Waals surface area contributed by atoms with Crippen LogP contribution in [0.1, 0.15) is 61.0 Å². The number of hydrogen-bond acceptors (Lipinski definition) is 6. The molecule has 180 valence electrons. The molecular formula is C22H21ClF2N4O5. The molecule has 34 heavy (non-hydrogen) atoms. The predicted octanol–water partition coefficient (Wildman–Crippen LogP) is 4.94. The van der Waals surface area contributed by atoms with Crippen LogP contribution in [0.2, 0.25) is 5.15 Å². The van der Waals surface area contributed by atoms with E-state index < -0.39 is 36.4 Å². The van der Waals surface area contributed by atoms with Gasteiger partial charge in [-0.2, -0.15) is 8.78 Å². The second-order valence-corrected chi connectivity index (χ2v) is 9.07. The van der Waals surface area contributed by atoms with Gasteiger partial charge in [0.1, 0.15) is 27.8 Å². The molecule has 2 aromatic heterocycles. The van der Waals surface area contributed by atoms with E-state index in [1.165, 1.54) is 30.5 Å². The minimum absolute atomic E-state index is 0.0253. The van der Waals surface area contributed by atoms with Gasteiger partial charge in [-0.15, -0.1) is 0 Å². The summed E-state index contributed by atoms with van der Waals surface area (Å²) in [5.74, 6) is -1.23. The van der Waals surface area contributed by atoms with Crippen molar-refractivity contribution in [2.24, 2.45) is 0 Å². The molecule has 4 rings (SSSR count). The molecule has 3 aromatic rings. The standard InChI is InChI=1S/C22H21ClF2N4O5/c1-22(2,3)34-21(32)28-11-7-14(29-13-8-16(23)26-9-12(13)27-18(11)29)17-10(19(30)31)5-4-6-15(17)33-20(24)25/h4-6,8-9,11,14,20H,7H2,1-3H3,(H,28,32)(H,30,31)/t11-,14-/m1/s1. The quantitative estimate of drug-likeness (QED) is 0.482. The molecule has 0 fully saturated rings. The van der Waals surface area contributed by atoms with Gasteiger partial charge >= 0.3 is 18.7 Å². The van der Waals surface area contributed by atoms with Gasteiger partial charge in [0.2, 0.25) is 0 Å². The molecule has 0 saturated heterocycles. The first kappa shape index (κ1) is 23.7. The number of halogens is 3. The maximum Gasteiger partial charge on any atom is 0.408 e. The van der Waals surface area contributed by atoms with Crippen LogP contribution in [0.25, 0.3) is 11.0 Å². The van der Waals surface area contributed by atoms with E-state index in [1.54, 1.807) is 25.3 Å². The average molecular weight is 495 g/mol. The van der Waals surface area contributed by atoms with E-state index >= 15 is 0 Å². The third-order valence-corrected chi connectivity index (χ3v) is 5.40. The zero-order chi connectivity index (χ0) is 24.8. The summed E-state index contributed by atoms with van der Waals surface area (Å²) < 4.78 is 38.0. The number of carboxylic acid groups (broad SMARTS) is 1. The monoisotopic (exact) mass is 494 g/mol. The van der Waals surface area contributed by atoms with Crippen molar-refractivity contribution in [2.75, 3.05) is 0 Å². The lowest BCUT2D eigenvalue weighted by Crippen LogP contribution is -2.34. The van der Waals surface area contributed by atoms with E-state index in [4.69, 9.17) is 16.3 Å². The number of rotatable bonds is 5. The number of alkyl halides is 2. The van der Waals surface area contributed by atoms with E-state index in [0.717, 1.165) is 0 Å². The van der Waals surface area contributed by atoms with Crippen LogP contribution in [0.4, 0.5) is 13.6 Å². The number of amides is 1. The molecule has 0 spiro atoms. The molecule has 1 aromatic carbocycles. The Morgan fingerprint density at radius 2 is 2.06 bits per heavy atom. The number of pyridine rings is 1. The zero-order valence-electron chi connectivity index (χ0n) is 18.4. The number of carbonyl (C=O) groups is 2. The van der Waals surface area contributed by atoms with Gasteiger partial charge in [-0.05, 0) is 32.9 Å². The third kappa shape index (κ3) is 4.60. The smallest absolute Gasteiger partial charge is 0.408 e. The molecule has 9 nitrogen and oxygen atoms in total. The molecule has 0 bridgehead atoms. The van der Waals surface area contributed by atoms with Crippen molar-refractivity contribution in [1.29, 1.82) is 0 Å². The molecule has 1 amide bonds. The van der Waals surface area contributed by atoms with Crippen molar-refractivity contribution < 1.29 is 33.0 Å². The largest absolute Gasteiger partial charge is 0.478 e. The number of hydrogen-bond donors (Lipinski definition) is 2. The summed E-state index contributed by atoms with van der Waals surface area (Å²) in [5, 5.41) is 12.7. The molecule has 2 atom stereocenters. The number of ether oxygens (including phenoxy) is 2. The predicted molar refractivity (Wildman–Crippen MR) is 117 cm³/mol. The number of carboxylic acids is 1. The highest BCUT2D eigenvalue weighted by atomic mass is 35.5. The maximum absolute atomic E-state index is 13.2. The Morgan fingerprint density at radius 3 is 2.71 bits per heavy atom. The number of aromatic nitrogens is 3. The Balaban J connectivity index is 1.88. The van der Waals surface area contributed by atoms with Gasteiger partial charge in [-0.3, -0.25) is 0 Å². The molecule has 1 aliphatic rings. The molecule has 2 N–H and O–H groups in total. The number of aromatic carboxylic acids is 1. The summed E-state index contributed by atoms with van der Waals surface area (Å²) in [6.07, 6.45) is 0.842. The fourth-order valence-electron chi connectivity index (χ4n) is 4.09. The topological polar surface area (TPSA) is 116 Å². The van der Waals surface area contributed by atoms with Gasteiger partial charge < -0.3 is 24.5 Å². The highest BCUT2D eigenvalue weighted by Crippen LogP contribution is 2.45. The van der Waals surface area contributed by atoms with Gasteiger partial charge in [0.15, 0.2) is 0 Å². The molecule has 0 radical (unpaired) electrons. The van der Waals surface area contributed by atoms with Crippen molar-refractivity contribution in [1.82, 2.24) is 19.9 Å². The fourth-order valence-corrected chi connectivity index (χ4v) is 4.25. The van der Waals surface area contributed by atoms with Crippen LogP contribution in [0.5, 0.6) is 5.75 Å². The van der Waals surface area contributed by atoms with Gasteiger partial charge in [-0.25, -0.2) is 19.6 Å². The number of nitrogens with zero attached hydrogens (tertiary/aromatic N) is 3. The Hall–Kier alpha value is -3.47. The summed E-state index contributed by atoms with van der Waals surface area (Å²) in [6.45, 7) is 1.97. The lowest BCUT2D eigenvalue weighted by molar-refractivity contribution is -0.0507. The highest BCUT2D eigenvalue weighted by molar-refractivity contribution is 6.29. The van der Waals surface area contributed by atoms with Crippen LogP contribution < -0.4 is 10.1 Å².